The molecule has 2 aromatic carbocycles. The lowest BCUT2D eigenvalue weighted by Gasteiger charge is -2.14. The fourth-order valence-corrected chi connectivity index (χ4v) is 3.73. The first-order valence-corrected chi connectivity index (χ1v) is 10.8. The summed E-state index contributed by atoms with van der Waals surface area (Å²) in [6.07, 6.45) is 1.60. The molecule has 1 saturated heterocycles. The minimum absolute atomic E-state index is 0.0484. The van der Waals surface area contributed by atoms with Gasteiger partial charge in [-0.2, -0.15) is 9.78 Å². The molecule has 33 heavy (non-hydrogen) atoms. The van der Waals surface area contributed by atoms with Crippen LogP contribution in [0.3, 0.4) is 0 Å². The van der Waals surface area contributed by atoms with Gasteiger partial charge in [-0.3, -0.25) is 14.2 Å². The number of nitrogens with zero attached hydrogens (tertiary/aromatic N) is 3. The minimum Gasteiger partial charge on any atom is -0.376 e. The first-order valence-electron chi connectivity index (χ1n) is 10.8. The highest BCUT2D eigenvalue weighted by Gasteiger charge is 2.23. The van der Waals surface area contributed by atoms with Gasteiger partial charge in [0.1, 0.15) is 5.82 Å². The van der Waals surface area contributed by atoms with Crippen LogP contribution in [-0.2, 0) is 11.3 Å². The lowest BCUT2D eigenvalue weighted by Crippen LogP contribution is -2.46. The first-order chi connectivity index (χ1) is 15.8. The molecule has 1 aliphatic heterocycles. The highest BCUT2D eigenvalue weighted by Crippen LogP contribution is 2.13. The van der Waals surface area contributed by atoms with Gasteiger partial charge >= 0.3 is 5.69 Å². The third-order valence-electron chi connectivity index (χ3n) is 5.78. The molecular weight excluding hydrogens is 427 g/mol. The van der Waals surface area contributed by atoms with Gasteiger partial charge in [0.15, 0.2) is 0 Å². The van der Waals surface area contributed by atoms with Crippen molar-refractivity contribution in [2.24, 2.45) is 0 Å². The molecule has 0 radical (unpaired) electrons. The second-order valence-corrected chi connectivity index (χ2v) is 8.14. The van der Waals surface area contributed by atoms with Crippen molar-refractivity contribution in [2.75, 3.05) is 13.2 Å². The highest BCUT2D eigenvalue weighted by molar-refractivity contribution is 5.91. The maximum atomic E-state index is 14.2. The molecule has 1 atom stereocenters. The van der Waals surface area contributed by atoms with E-state index in [1.165, 1.54) is 12.1 Å². The zero-order valence-corrected chi connectivity index (χ0v) is 18.5. The molecule has 1 aromatic heterocycles. The summed E-state index contributed by atoms with van der Waals surface area (Å²) < 4.78 is 21.6. The maximum absolute atomic E-state index is 14.2. The number of nitrogens with one attached hydrogen (secondary N) is 1. The molecule has 1 amide bonds. The second kappa shape index (κ2) is 9.50. The number of carbonyl (C=O) groups excluding carboxylic acids is 1. The van der Waals surface area contributed by atoms with Crippen molar-refractivity contribution >= 4 is 5.91 Å². The molecule has 1 fully saturated rings. The Hall–Kier alpha value is -3.59. The van der Waals surface area contributed by atoms with E-state index in [-0.39, 0.29) is 24.9 Å². The standard InChI is InChI=1S/C24H25FN4O4/c1-15-6-3-4-7-17(15)14-28-23(31)21(22(30)26-13-19-8-5-11-33-19)27-29(24(28)32)18-10-9-16(2)20(25)12-18/h3-4,6-7,9-10,12,19H,5,8,11,13-14H2,1-2H3,(H,26,30). The van der Waals surface area contributed by atoms with Crippen LogP contribution in [0.4, 0.5) is 4.39 Å². The molecule has 8 nitrogen and oxygen atoms in total. The van der Waals surface area contributed by atoms with Crippen molar-refractivity contribution in [3.8, 4) is 5.69 Å². The van der Waals surface area contributed by atoms with Crippen LogP contribution in [0, 0.1) is 19.7 Å². The van der Waals surface area contributed by atoms with Crippen molar-refractivity contribution in [1.29, 1.82) is 0 Å². The summed E-state index contributed by atoms with van der Waals surface area (Å²) in [5.74, 6) is -1.24. The lowest BCUT2D eigenvalue weighted by atomic mass is 10.1. The Morgan fingerprint density at radius 3 is 2.67 bits per heavy atom. The number of ether oxygens (including phenoxy) is 1. The van der Waals surface area contributed by atoms with Gasteiger partial charge in [-0.15, -0.1) is 0 Å². The van der Waals surface area contributed by atoms with Crippen molar-refractivity contribution < 1.29 is 13.9 Å². The summed E-state index contributed by atoms with van der Waals surface area (Å²) in [7, 11) is 0. The third kappa shape index (κ3) is 4.78. The zero-order valence-electron chi connectivity index (χ0n) is 18.5. The van der Waals surface area contributed by atoms with Gasteiger partial charge in [0.2, 0.25) is 5.69 Å². The summed E-state index contributed by atoms with van der Waals surface area (Å²) in [5, 5.41) is 6.71. The van der Waals surface area contributed by atoms with Crippen LogP contribution >= 0.6 is 0 Å². The summed E-state index contributed by atoms with van der Waals surface area (Å²) in [6, 6.07) is 11.5. The van der Waals surface area contributed by atoms with Crippen molar-refractivity contribution in [3.05, 3.63) is 91.5 Å². The van der Waals surface area contributed by atoms with E-state index in [4.69, 9.17) is 4.74 Å². The van der Waals surface area contributed by atoms with E-state index in [9.17, 15) is 18.8 Å². The summed E-state index contributed by atoms with van der Waals surface area (Å²) >= 11 is 0. The average Bonchev–Trinajstić information content (AvgIpc) is 3.32. The van der Waals surface area contributed by atoms with Gasteiger partial charge in [0.05, 0.1) is 18.3 Å². The Labute approximate surface area is 189 Å². The second-order valence-electron chi connectivity index (χ2n) is 8.14. The van der Waals surface area contributed by atoms with E-state index in [0.717, 1.165) is 39.3 Å². The molecule has 2 heterocycles. The smallest absolute Gasteiger partial charge is 0.352 e. The molecule has 0 saturated carbocycles. The van der Waals surface area contributed by atoms with Crippen LogP contribution in [0.15, 0.2) is 52.1 Å². The Balaban J connectivity index is 1.80. The van der Waals surface area contributed by atoms with Crippen LogP contribution in [0.1, 0.15) is 40.0 Å². The summed E-state index contributed by atoms with van der Waals surface area (Å²) in [4.78, 5) is 39.3. The number of hydrogen-bond donors (Lipinski definition) is 1. The largest absolute Gasteiger partial charge is 0.376 e. The van der Waals surface area contributed by atoms with E-state index < -0.39 is 28.7 Å². The van der Waals surface area contributed by atoms with Crippen molar-refractivity contribution in [3.63, 3.8) is 0 Å². The topological polar surface area (TPSA) is 95.2 Å². The van der Waals surface area contributed by atoms with E-state index in [0.29, 0.717) is 12.2 Å². The van der Waals surface area contributed by atoms with Crippen molar-refractivity contribution in [1.82, 2.24) is 19.7 Å². The molecule has 0 spiro atoms. The molecule has 4 rings (SSSR count). The van der Waals surface area contributed by atoms with Crippen LogP contribution in [0.2, 0.25) is 0 Å². The van der Waals surface area contributed by atoms with Gasteiger partial charge < -0.3 is 10.1 Å². The quantitative estimate of drug-likeness (QED) is 0.618. The molecular formula is C24H25FN4O4. The molecule has 172 valence electrons. The highest BCUT2D eigenvalue weighted by atomic mass is 19.1. The molecule has 1 N–H and O–H groups in total. The minimum atomic E-state index is -0.808. The summed E-state index contributed by atoms with van der Waals surface area (Å²) in [6.45, 7) is 4.28. The fourth-order valence-electron chi connectivity index (χ4n) is 3.73. The van der Waals surface area contributed by atoms with Crippen LogP contribution < -0.4 is 16.6 Å². The molecule has 9 heteroatoms. The Morgan fingerprint density at radius 2 is 1.97 bits per heavy atom. The summed E-state index contributed by atoms with van der Waals surface area (Å²) in [5.41, 5.74) is 0.138. The molecule has 1 aliphatic rings. The number of rotatable bonds is 6. The number of hydrogen-bond acceptors (Lipinski definition) is 5. The Morgan fingerprint density at radius 1 is 1.18 bits per heavy atom. The SMILES string of the molecule is Cc1ccc(-n2nc(C(=O)NCC3CCCO3)c(=O)n(Cc3ccccc3C)c2=O)cc1F. The van der Waals surface area contributed by atoms with E-state index in [2.05, 4.69) is 10.4 Å². The fraction of sp³-hybridized carbons (Fsp3) is 0.333. The lowest BCUT2D eigenvalue weighted by molar-refractivity contribution is 0.0849. The Bertz CT molecular complexity index is 1310. The van der Waals surface area contributed by atoms with Gasteiger partial charge in [-0.25, -0.2) is 9.18 Å². The van der Waals surface area contributed by atoms with Crippen molar-refractivity contribution in [2.45, 2.75) is 39.3 Å². The predicted octanol–water partition coefficient (Wildman–Crippen LogP) is 2.11. The van der Waals surface area contributed by atoms with E-state index in [1.54, 1.807) is 19.1 Å². The molecule has 0 bridgehead atoms. The van der Waals surface area contributed by atoms with E-state index >= 15 is 0 Å². The van der Waals surface area contributed by atoms with Crippen LogP contribution in [0.5, 0.6) is 0 Å². The number of benzene rings is 2. The monoisotopic (exact) mass is 452 g/mol. The number of aromatic nitrogens is 3. The molecule has 1 unspecified atom stereocenters. The van der Waals surface area contributed by atoms with E-state index in [1.807, 2.05) is 19.1 Å². The van der Waals surface area contributed by atoms with Gasteiger partial charge in [-0.1, -0.05) is 30.3 Å². The van der Waals surface area contributed by atoms with Gasteiger partial charge in [-0.05, 0) is 49.4 Å². The normalized spacial score (nSPS) is 15.5. The number of amides is 1. The maximum Gasteiger partial charge on any atom is 0.352 e. The van der Waals surface area contributed by atoms with Gasteiger partial charge in [0, 0.05) is 19.2 Å². The van der Waals surface area contributed by atoms with Gasteiger partial charge in [0.25, 0.3) is 11.5 Å². The van der Waals surface area contributed by atoms with Crippen LogP contribution in [-0.4, -0.2) is 39.5 Å². The first kappa shape index (κ1) is 22.6. The number of carbonyl (C=O) groups is 1. The number of aryl methyl sites for hydroxylation is 2. The molecule has 3 aromatic rings. The predicted molar refractivity (Wildman–Crippen MR) is 120 cm³/mol. The van der Waals surface area contributed by atoms with Crippen LogP contribution in [0.25, 0.3) is 5.69 Å². The zero-order chi connectivity index (χ0) is 23.5. The average molecular weight is 452 g/mol. The Kier molecular flexibility index (Phi) is 6.50. The third-order valence-corrected chi connectivity index (χ3v) is 5.78. The number of halogens is 1. The molecule has 0 aliphatic carbocycles.